The highest BCUT2D eigenvalue weighted by molar-refractivity contribution is 5.76. The molecule has 0 radical (unpaired) electrons. The van der Waals surface area contributed by atoms with Crippen molar-refractivity contribution in [1.82, 2.24) is 0 Å². The van der Waals surface area contributed by atoms with Gasteiger partial charge in [0.1, 0.15) is 12.1 Å². The molecule has 0 heterocycles. The van der Waals surface area contributed by atoms with E-state index in [1.54, 1.807) is 0 Å². The number of nitrogens with two attached hydrogens (primary N) is 2. The maximum atomic E-state index is 12.0. The van der Waals surface area contributed by atoms with Crippen molar-refractivity contribution in [2.75, 3.05) is 13.2 Å². The topological polar surface area (TPSA) is 105 Å². The minimum absolute atomic E-state index is 0.346. The van der Waals surface area contributed by atoms with Crippen LogP contribution in [0.4, 0.5) is 0 Å². The first-order chi connectivity index (χ1) is 15.6. The number of rotatable bonds is 15. The van der Waals surface area contributed by atoms with Gasteiger partial charge in [-0.05, 0) is 36.8 Å². The number of benzene rings is 2. The maximum absolute atomic E-state index is 12.0. The Morgan fingerprint density at radius 1 is 0.594 bits per heavy atom. The Hall–Kier alpha value is -2.70. The fourth-order valence-electron chi connectivity index (χ4n) is 3.37. The minimum Gasteiger partial charge on any atom is -0.465 e. The minimum atomic E-state index is -0.624. The fraction of sp³-hybridized carbons (Fsp3) is 0.462. The van der Waals surface area contributed by atoms with E-state index in [4.69, 9.17) is 20.9 Å². The molecule has 0 aromatic heterocycles. The lowest BCUT2D eigenvalue weighted by atomic mass is 10.1. The van der Waals surface area contributed by atoms with Gasteiger partial charge in [-0.1, -0.05) is 86.3 Å². The van der Waals surface area contributed by atoms with E-state index in [1.165, 1.54) is 0 Å². The predicted octanol–water partition coefficient (Wildman–Crippen LogP) is 3.55. The summed E-state index contributed by atoms with van der Waals surface area (Å²) in [6.45, 7) is 0.802. The standard InChI is InChI=1S/C26H36N2O4/c27-23(19-21-13-7-5-8-14-21)25(29)31-17-11-3-1-2-4-12-18-32-26(30)24(28)20-22-15-9-6-10-16-22/h5-10,13-16,23-24H,1-4,11-12,17-20,27-28H2/t23-,24-/m0/s1. The number of esters is 2. The van der Waals surface area contributed by atoms with Crippen molar-refractivity contribution >= 4 is 11.9 Å². The van der Waals surface area contributed by atoms with Gasteiger partial charge in [0.25, 0.3) is 0 Å². The van der Waals surface area contributed by atoms with Gasteiger partial charge in [0.2, 0.25) is 0 Å². The number of unbranched alkanes of at least 4 members (excludes halogenated alkanes) is 5. The molecule has 0 aliphatic carbocycles. The number of carbonyl (C=O) groups is 2. The van der Waals surface area contributed by atoms with E-state index in [1.807, 2.05) is 60.7 Å². The summed E-state index contributed by atoms with van der Waals surface area (Å²) in [6, 6.07) is 18.1. The SMILES string of the molecule is N[C@@H](Cc1ccccc1)C(=O)OCCCCCCCCOC(=O)[C@@H](N)Cc1ccccc1. The Morgan fingerprint density at radius 2 is 0.938 bits per heavy atom. The Labute approximate surface area is 191 Å². The molecule has 2 aromatic carbocycles. The number of carbonyl (C=O) groups excluding carboxylic acids is 2. The largest absolute Gasteiger partial charge is 0.465 e. The molecular formula is C26H36N2O4. The second-order valence-electron chi connectivity index (χ2n) is 8.05. The summed E-state index contributed by atoms with van der Waals surface area (Å²) in [5, 5.41) is 0. The molecular weight excluding hydrogens is 404 g/mol. The molecule has 32 heavy (non-hydrogen) atoms. The number of hydrogen-bond donors (Lipinski definition) is 2. The monoisotopic (exact) mass is 440 g/mol. The zero-order valence-corrected chi connectivity index (χ0v) is 18.8. The second kappa shape index (κ2) is 15.2. The lowest BCUT2D eigenvalue weighted by molar-refractivity contribution is -0.146. The summed E-state index contributed by atoms with van der Waals surface area (Å²) >= 11 is 0. The van der Waals surface area contributed by atoms with Gasteiger partial charge in [-0.3, -0.25) is 9.59 Å². The van der Waals surface area contributed by atoms with Gasteiger partial charge in [0.15, 0.2) is 0 Å². The number of ether oxygens (including phenoxy) is 2. The molecule has 0 saturated heterocycles. The van der Waals surface area contributed by atoms with E-state index in [-0.39, 0.29) is 11.9 Å². The van der Waals surface area contributed by atoms with Crippen LogP contribution >= 0.6 is 0 Å². The van der Waals surface area contributed by atoms with Crippen LogP contribution in [0.15, 0.2) is 60.7 Å². The normalized spacial score (nSPS) is 12.7. The fourth-order valence-corrected chi connectivity index (χ4v) is 3.37. The Morgan fingerprint density at radius 3 is 1.31 bits per heavy atom. The zero-order chi connectivity index (χ0) is 23.0. The third kappa shape index (κ3) is 10.6. The average Bonchev–Trinajstić information content (AvgIpc) is 2.81. The van der Waals surface area contributed by atoms with E-state index in [9.17, 15) is 9.59 Å². The summed E-state index contributed by atoms with van der Waals surface area (Å²) in [6.07, 6.45) is 6.71. The Bertz CT molecular complexity index is 715. The Kier molecular flexibility index (Phi) is 12.1. The van der Waals surface area contributed by atoms with Crippen molar-refractivity contribution in [2.24, 2.45) is 11.5 Å². The summed E-state index contributed by atoms with van der Waals surface area (Å²) in [5.41, 5.74) is 13.9. The summed E-state index contributed by atoms with van der Waals surface area (Å²) in [5.74, 6) is -0.692. The molecule has 4 N–H and O–H groups in total. The molecule has 6 nitrogen and oxygen atoms in total. The molecule has 0 aliphatic heterocycles. The smallest absolute Gasteiger partial charge is 0.323 e. The van der Waals surface area contributed by atoms with Crippen molar-refractivity contribution in [3.8, 4) is 0 Å². The molecule has 0 saturated carbocycles. The zero-order valence-electron chi connectivity index (χ0n) is 18.8. The van der Waals surface area contributed by atoms with Crippen molar-refractivity contribution in [2.45, 2.75) is 63.5 Å². The Balaban J connectivity index is 1.42. The van der Waals surface area contributed by atoms with E-state index in [2.05, 4.69) is 0 Å². The van der Waals surface area contributed by atoms with Crippen molar-refractivity contribution in [1.29, 1.82) is 0 Å². The second-order valence-corrected chi connectivity index (χ2v) is 8.05. The molecule has 0 spiro atoms. The van der Waals surface area contributed by atoms with E-state index in [0.29, 0.717) is 26.1 Å². The van der Waals surface area contributed by atoms with E-state index >= 15 is 0 Å². The van der Waals surface area contributed by atoms with Gasteiger partial charge in [0.05, 0.1) is 13.2 Å². The van der Waals surface area contributed by atoms with Gasteiger partial charge in [-0.25, -0.2) is 0 Å². The maximum Gasteiger partial charge on any atom is 0.323 e. The molecule has 2 atom stereocenters. The molecule has 0 aliphatic rings. The molecule has 2 rings (SSSR count). The lowest BCUT2D eigenvalue weighted by Crippen LogP contribution is -2.34. The van der Waals surface area contributed by atoms with Crippen LogP contribution in [0.3, 0.4) is 0 Å². The molecule has 174 valence electrons. The van der Waals surface area contributed by atoms with Crippen LogP contribution in [0.1, 0.15) is 49.7 Å². The number of hydrogen-bond acceptors (Lipinski definition) is 6. The molecule has 0 bridgehead atoms. The summed E-state index contributed by atoms with van der Waals surface area (Å²) in [7, 11) is 0. The van der Waals surface area contributed by atoms with Crippen molar-refractivity contribution in [3.63, 3.8) is 0 Å². The molecule has 0 amide bonds. The molecule has 6 heteroatoms. The van der Waals surface area contributed by atoms with Crippen LogP contribution < -0.4 is 11.5 Å². The average molecular weight is 441 g/mol. The highest BCUT2D eigenvalue weighted by Gasteiger charge is 2.16. The quantitative estimate of drug-likeness (QED) is 0.324. The first kappa shape index (κ1) is 25.6. The van der Waals surface area contributed by atoms with E-state index < -0.39 is 12.1 Å². The van der Waals surface area contributed by atoms with Crippen LogP contribution in [0.2, 0.25) is 0 Å². The predicted molar refractivity (Wildman–Crippen MR) is 126 cm³/mol. The lowest BCUT2D eigenvalue weighted by Gasteiger charge is -2.12. The van der Waals surface area contributed by atoms with E-state index in [0.717, 1.165) is 49.7 Å². The summed E-state index contributed by atoms with van der Waals surface area (Å²) < 4.78 is 10.6. The van der Waals surface area contributed by atoms with Crippen LogP contribution in [0.5, 0.6) is 0 Å². The van der Waals surface area contributed by atoms with Gasteiger partial charge in [-0.15, -0.1) is 0 Å². The van der Waals surface area contributed by atoms with Crippen LogP contribution in [-0.2, 0) is 31.9 Å². The summed E-state index contributed by atoms with van der Waals surface area (Å²) in [4.78, 5) is 23.9. The first-order valence-corrected chi connectivity index (χ1v) is 11.5. The van der Waals surface area contributed by atoms with Gasteiger partial charge in [0, 0.05) is 0 Å². The van der Waals surface area contributed by atoms with Gasteiger partial charge >= 0.3 is 11.9 Å². The first-order valence-electron chi connectivity index (χ1n) is 11.5. The van der Waals surface area contributed by atoms with Crippen LogP contribution in [0.25, 0.3) is 0 Å². The van der Waals surface area contributed by atoms with Gasteiger partial charge < -0.3 is 20.9 Å². The highest BCUT2D eigenvalue weighted by Crippen LogP contribution is 2.08. The third-order valence-corrected chi connectivity index (χ3v) is 5.23. The van der Waals surface area contributed by atoms with Crippen LogP contribution in [0, 0.1) is 0 Å². The molecule has 0 fully saturated rings. The van der Waals surface area contributed by atoms with Crippen LogP contribution in [-0.4, -0.2) is 37.2 Å². The third-order valence-electron chi connectivity index (χ3n) is 5.23. The van der Waals surface area contributed by atoms with Gasteiger partial charge in [-0.2, -0.15) is 0 Å². The van der Waals surface area contributed by atoms with Crippen molar-refractivity contribution < 1.29 is 19.1 Å². The molecule has 2 aromatic rings. The van der Waals surface area contributed by atoms with Crippen molar-refractivity contribution in [3.05, 3.63) is 71.8 Å². The highest BCUT2D eigenvalue weighted by atomic mass is 16.5. The molecule has 0 unspecified atom stereocenters.